The molecule has 0 aromatic carbocycles. The van der Waals surface area contributed by atoms with Crippen LogP contribution >= 0.6 is 0 Å². The molecule has 1 aliphatic heterocycles. The molecular formula is C16H21N3O3. The van der Waals surface area contributed by atoms with Crippen molar-refractivity contribution in [3.05, 3.63) is 17.5 Å². The number of hydrogen-bond acceptors (Lipinski definition) is 4. The average Bonchev–Trinajstić information content (AvgIpc) is 3.42. The number of nitrogens with zero attached hydrogens (tertiary/aromatic N) is 3. The van der Waals surface area contributed by atoms with Gasteiger partial charge in [0.1, 0.15) is 5.76 Å². The summed E-state index contributed by atoms with van der Waals surface area (Å²) in [7, 11) is 0. The largest absolute Gasteiger partial charge is 0.360 e. The van der Waals surface area contributed by atoms with Crippen LogP contribution in [0.4, 0.5) is 0 Å². The van der Waals surface area contributed by atoms with Gasteiger partial charge in [-0.25, -0.2) is 0 Å². The molecule has 0 bridgehead atoms. The maximum absolute atomic E-state index is 12.5. The smallest absolute Gasteiger partial charge is 0.276 e. The predicted molar refractivity (Wildman–Crippen MR) is 78.3 cm³/mol. The van der Waals surface area contributed by atoms with Gasteiger partial charge in [-0.05, 0) is 32.1 Å². The van der Waals surface area contributed by atoms with Crippen LogP contribution in [0, 0.1) is 5.92 Å². The third-order valence-electron chi connectivity index (χ3n) is 4.75. The number of aromatic nitrogens is 1. The van der Waals surface area contributed by atoms with E-state index in [-0.39, 0.29) is 17.7 Å². The second-order valence-corrected chi connectivity index (χ2v) is 6.63. The van der Waals surface area contributed by atoms with E-state index in [1.165, 1.54) is 0 Å². The van der Waals surface area contributed by atoms with Crippen LogP contribution in [-0.2, 0) is 4.79 Å². The maximum Gasteiger partial charge on any atom is 0.276 e. The van der Waals surface area contributed by atoms with E-state index >= 15 is 0 Å². The molecule has 0 unspecified atom stereocenters. The van der Waals surface area contributed by atoms with Crippen LogP contribution in [0.3, 0.4) is 0 Å². The van der Waals surface area contributed by atoms with E-state index in [0.717, 1.165) is 44.4 Å². The quantitative estimate of drug-likeness (QED) is 0.851. The molecule has 0 radical (unpaired) electrons. The Morgan fingerprint density at radius 2 is 1.77 bits per heavy atom. The van der Waals surface area contributed by atoms with Crippen molar-refractivity contribution >= 4 is 11.8 Å². The molecule has 0 atom stereocenters. The fraction of sp³-hybridized carbons (Fsp3) is 0.688. The highest BCUT2D eigenvalue weighted by Gasteiger charge is 2.35. The summed E-state index contributed by atoms with van der Waals surface area (Å²) in [6.07, 6.45) is 5.15. The first-order valence-corrected chi connectivity index (χ1v) is 8.27. The fourth-order valence-electron chi connectivity index (χ4n) is 3.04. The van der Waals surface area contributed by atoms with Gasteiger partial charge in [0.15, 0.2) is 5.69 Å². The van der Waals surface area contributed by atoms with Gasteiger partial charge in [-0.3, -0.25) is 9.59 Å². The lowest BCUT2D eigenvalue weighted by atomic mass is 10.2. The predicted octanol–water partition coefficient (Wildman–Crippen LogP) is 1.64. The molecule has 22 heavy (non-hydrogen) atoms. The molecular weight excluding hydrogens is 282 g/mol. The molecule has 6 heteroatoms. The minimum Gasteiger partial charge on any atom is -0.360 e. The molecule has 1 aromatic rings. The fourth-order valence-corrected chi connectivity index (χ4v) is 3.04. The summed E-state index contributed by atoms with van der Waals surface area (Å²) in [6.45, 7) is 2.65. The van der Waals surface area contributed by atoms with Crippen LogP contribution in [-0.4, -0.2) is 52.9 Å². The number of amides is 2. The summed E-state index contributed by atoms with van der Waals surface area (Å²) in [5, 5.41) is 3.93. The molecule has 1 saturated heterocycles. The zero-order valence-electron chi connectivity index (χ0n) is 12.7. The molecule has 2 aliphatic carbocycles. The highest BCUT2D eigenvalue weighted by molar-refractivity contribution is 5.92. The van der Waals surface area contributed by atoms with E-state index in [1.54, 1.807) is 11.0 Å². The minimum atomic E-state index is -0.0728. The van der Waals surface area contributed by atoms with Gasteiger partial charge in [-0.1, -0.05) is 5.16 Å². The molecule has 6 nitrogen and oxygen atoms in total. The minimum absolute atomic E-state index is 0.0728. The highest BCUT2D eigenvalue weighted by Crippen LogP contribution is 2.40. The monoisotopic (exact) mass is 303 g/mol. The summed E-state index contributed by atoms with van der Waals surface area (Å²) in [5.74, 6) is 1.75. The molecule has 118 valence electrons. The lowest BCUT2D eigenvalue weighted by Crippen LogP contribution is -2.38. The van der Waals surface area contributed by atoms with Crippen LogP contribution < -0.4 is 0 Å². The Morgan fingerprint density at radius 1 is 1.05 bits per heavy atom. The van der Waals surface area contributed by atoms with Gasteiger partial charge in [0.2, 0.25) is 5.91 Å². The van der Waals surface area contributed by atoms with Crippen molar-refractivity contribution in [3.63, 3.8) is 0 Å². The van der Waals surface area contributed by atoms with E-state index in [2.05, 4.69) is 5.16 Å². The number of hydrogen-bond donors (Lipinski definition) is 0. The van der Waals surface area contributed by atoms with E-state index in [4.69, 9.17) is 4.52 Å². The van der Waals surface area contributed by atoms with Crippen molar-refractivity contribution in [1.82, 2.24) is 15.0 Å². The lowest BCUT2D eigenvalue weighted by Gasteiger charge is -2.21. The lowest BCUT2D eigenvalue weighted by molar-refractivity contribution is -0.132. The third kappa shape index (κ3) is 2.74. The first kappa shape index (κ1) is 13.8. The van der Waals surface area contributed by atoms with Gasteiger partial charge in [0.25, 0.3) is 5.91 Å². The summed E-state index contributed by atoms with van der Waals surface area (Å²) in [5.41, 5.74) is 0.406. The number of rotatable bonds is 3. The molecule has 1 aromatic heterocycles. The maximum atomic E-state index is 12.5. The van der Waals surface area contributed by atoms with Crippen molar-refractivity contribution in [2.45, 2.75) is 38.0 Å². The van der Waals surface area contributed by atoms with Gasteiger partial charge in [0, 0.05) is 44.1 Å². The molecule has 3 aliphatic rings. The topological polar surface area (TPSA) is 66.7 Å². The van der Waals surface area contributed by atoms with Crippen LogP contribution in [0.1, 0.15) is 54.3 Å². The molecule has 4 rings (SSSR count). The Labute approximate surface area is 129 Å². The normalized spacial score (nSPS) is 22.5. The van der Waals surface area contributed by atoms with Crippen LogP contribution in [0.5, 0.6) is 0 Å². The third-order valence-corrected chi connectivity index (χ3v) is 4.75. The van der Waals surface area contributed by atoms with Gasteiger partial charge >= 0.3 is 0 Å². The Morgan fingerprint density at radius 3 is 2.50 bits per heavy atom. The number of carbonyl (C=O) groups excluding carboxylic acids is 2. The van der Waals surface area contributed by atoms with E-state index in [9.17, 15) is 9.59 Å². The second-order valence-electron chi connectivity index (χ2n) is 6.63. The summed E-state index contributed by atoms with van der Waals surface area (Å²) < 4.78 is 5.27. The SMILES string of the molecule is O=C(c1cc(C2CC2)on1)N1CCCN(C(=O)C2CC2)CC1. The van der Waals surface area contributed by atoms with Gasteiger partial charge in [-0.2, -0.15) is 0 Å². The summed E-state index contributed by atoms with van der Waals surface area (Å²) in [6, 6.07) is 1.79. The first-order valence-electron chi connectivity index (χ1n) is 8.27. The van der Waals surface area contributed by atoms with E-state index in [1.807, 2.05) is 4.90 Å². The van der Waals surface area contributed by atoms with Crippen LogP contribution in [0.2, 0.25) is 0 Å². The summed E-state index contributed by atoms with van der Waals surface area (Å²) in [4.78, 5) is 28.4. The Hall–Kier alpha value is -1.85. The summed E-state index contributed by atoms with van der Waals surface area (Å²) >= 11 is 0. The molecule has 0 N–H and O–H groups in total. The first-order chi connectivity index (χ1) is 10.7. The van der Waals surface area contributed by atoms with Crippen molar-refractivity contribution < 1.29 is 14.1 Å². The van der Waals surface area contributed by atoms with Crippen molar-refractivity contribution in [2.24, 2.45) is 5.92 Å². The molecule has 2 heterocycles. The van der Waals surface area contributed by atoms with Gasteiger partial charge in [-0.15, -0.1) is 0 Å². The molecule has 0 spiro atoms. The zero-order chi connectivity index (χ0) is 15.1. The van der Waals surface area contributed by atoms with E-state index in [0.29, 0.717) is 31.2 Å². The second kappa shape index (κ2) is 5.41. The molecule has 2 saturated carbocycles. The average molecular weight is 303 g/mol. The number of carbonyl (C=O) groups is 2. The highest BCUT2D eigenvalue weighted by atomic mass is 16.5. The van der Waals surface area contributed by atoms with Crippen molar-refractivity contribution in [1.29, 1.82) is 0 Å². The molecule has 3 fully saturated rings. The van der Waals surface area contributed by atoms with Crippen LogP contribution in [0.25, 0.3) is 0 Å². The van der Waals surface area contributed by atoms with Gasteiger partial charge < -0.3 is 14.3 Å². The Balaban J connectivity index is 1.39. The zero-order valence-corrected chi connectivity index (χ0v) is 12.7. The van der Waals surface area contributed by atoms with E-state index < -0.39 is 0 Å². The van der Waals surface area contributed by atoms with Crippen molar-refractivity contribution in [3.8, 4) is 0 Å². The van der Waals surface area contributed by atoms with Crippen LogP contribution in [0.15, 0.2) is 10.6 Å². The van der Waals surface area contributed by atoms with Gasteiger partial charge in [0.05, 0.1) is 0 Å². The Bertz CT molecular complexity index is 589. The Kier molecular flexibility index (Phi) is 3.39. The van der Waals surface area contributed by atoms with Crippen molar-refractivity contribution in [2.75, 3.05) is 26.2 Å². The molecule has 2 amide bonds. The standard InChI is InChI=1S/C16H21N3O3/c20-15(12-4-5-12)18-6-1-7-19(9-8-18)16(21)13-10-14(22-17-13)11-2-3-11/h10-12H,1-9H2.